The molecule has 0 saturated heterocycles. The fourth-order valence-corrected chi connectivity index (χ4v) is 2.58. The van der Waals surface area contributed by atoms with E-state index in [1.54, 1.807) is 4.90 Å². The van der Waals surface area contributed by atoms with Gasteiger partial charge in [-0.05, 0) is 24.0 Å². The number of amides is 1. The molecule has 1 fully saturated rings. The molecule has 0 bridgehead atoms. The maximum Gasteiger partial charge on any atom is 0.237 e. The van der Waals surface area contributed by atoms with Crippen molar-refractivity contribution < 1.29 is 10.0 Å². The number of hydrogen-bond donors (Lipinski definition) is 2. The smallest absolute Gasteiger partial charge is 0.237 e. The summed E-state index contributed by atoms with van der Waals surface area (Å²) in [5, 5.41) is 11.8. The minimum atomic E-state index is -0.739. The Hall–Kier alpha value is -2.04. The molecule has 18 heavy (non-hydrogen) atoms. The summed E-state index contributed by atoms with van der Waals surface area (Å²) in [4.78, 5) is 14.2. The molecule has 0 atom stereocenters. The summed E-state index contributed by atoms with van der Waals surface area (Å²) in [5.74, 6) is 0.0254. The van der Waals surface area contributed by atoms with Crippen molar-refractivity contribution in [2.24, 2.45) is 16.3 Å². The van der Waals surface area contributed by atoms with E-state index in [-0.39, 0.29) is 11.7 Å². The van der Waals surface area contributed by atoms with Crippen LogP contribution in [0, 0.1) is 5.41 Å². The van der Waals surface area contributed by atoms with E-state index in [2.05, 4.69) is 5.16 Å². The Morgan fingerprint density at radius 1 is 1.28 bits per heavy atom. The minimum Gasteiger partial charge on any atom is -0.409 e. The van der Waals surface area contributed by atoms with E-state index in [1.165, 1.54) is 11.1 Å². The molecule has 1 heterocycles. The Morgan fingerprint density at radius 2 is 1.83 bits per heavy atom. The molecule has 3 rings (SSSR count). The molecule has 0 aromatic heterocycles. The summed E-state index contributed by atoms with van der Waals surface area (Å²) in [6.07, 6.45) is 1.35. The number of fused-ring (bicyclic) bond motifs is 1. The number of nitrogens with two attached hydrogens (primary N) is 1. The summed E-state index contributed by atoms with van der Waals surface area (Å²) in [6, 6.07) is 8.02. The van der Waals surface area contributed by atoms with Crippen LogP contribution in [0.1, 0.15) is 24.0 Å². The van der Waals surface area contributed by atoms with Crippen LogP contribution < -0.4 is 5.73 Å². The fraction of sp³-hybridized carbons (Fsp3) is 0.385. The number of benzene rings is 1. The van der Waals surface area contributed by atoms with E-state index in [0.717, 1.165) is 0 Å². The van der Waals surface area contributed by atoms with Gasteiger partial charge in [0.1, 0.15) is 5.41 Å². The summed E-state index contributed by atoms with van der Waals surface area (Å²) in [6.45, 7) is 1.24. The van der Waals surface area contributed by atoms with Crippen molar-refractivity contribution in [1.29, 1.82) is 0 Å². The third-order valence-electron chi connectivity index (χ3n) is 3.89. The van der Waals surface area contributed by atoms with Gasteiger partial charge >= 0.3 is 0 Å². The standard InChI is InChI=1S/C13H15N3O2/c14-11(15-18)13(5-6-13)12(17)16-7-9-3-1-2-4-10(9)8-16/h1-4,18H,5-8H2,(H2,14,15). The van der Waals surface area contributed by atoms with Gasteiger partial charge in [0.2, 0.25) is 5.91 Å². The summed E-state index contributed by atoms with van der Waals surface area (Å²) in [7, 11) is 0. The van der Waals surface area contributed by atoms with Crippen LogP contribution in [-0.2, 0) is 17.9 Å². The molecule has 1 saturated carbocycles. The number of oxime groups is 1. The Bertz CT molecular complexity index is 510. The molecule has 2 aliphatic rings. The van der Waals surface area contributed by atoms with Crippen molar-refractivity contribution >= 4 is 11.7 Å². The molecule has 0 spiro atoms. The zero-order chi connectivity index (χ0) is 12.8. The number of nitrogens with zero attached hydrogens (tertiary/aromatic N) is 2. The highest BCUT2D eigenvalue weighted by Crippen LogP contribution is 2.48. The quantitative estimate of drug-likeness (QED) is 0.354. The first kappa shape index (κ1) is 11.1. The highest BCUT2D eigenvalue weighted by molar-refractivity contribution is 6.09. The number of hydrogen-bond acceptors (Lipinski definition) is 3. The molecule has 5 nitrogen and oxygen atoms in total. The lowest BCUT2D eigenvalue weighted by molar-refractivity contribution is -0.135. The molecule has 1 aliphatic heterocycles. The SMILES string of the molecule is N/C(=N/O)C1(C(=O)N2Cc3ccccc3C2)CC1. The molecule has 94 valence electrons. The van der Waals surface area contributed by atoms with Gasteiger partial charge in [-0.3, -0.25) is 4.79 Å². The first-order valence-corrected chi connectivity index (χ1v) is 6.01. The van der Waals surface area contributed by atoms with E-state index in [1.807, 2.05) is 24.3 Å². The van der Waals surface area contributed by atoms with Gasteiger partial charge in [-0.2, -0.15) is 0 Å². The summed E-state index contributed by atoms with van der Waals surface area (Å²) < 4.78 is 0. The maximum absolute atomic E-state index is 12.5. The van der Waals surface area contributed by atoms with Crippen LogP contribution in [0.15, 0.2) is 29.4 Å². The van der Waals surface area contributed by atoms with Crippen molar-refractivity contribution in [3.63, 3.8) is 0 Å². The Balaban J connectivity index is 1.81. The summed E-state index contributed by atoms with van der Waals surface area (Å²) >= 11 is 0. The van der Waals surface area contributed by atoms with Crippen LogP contribution in [0.2, 0.25) is 0 Å². The van der Waals surface area contributed by atoms with E-state index < -0.39 is 5.41 Å². The van der Waals surface area contributed by atoms with Gasteiger partial charge in [0.05, 0.1) is 0 Å². The lowest BCUT2D eigenvalue weighted by atomic mass is 10.0. The predicted molar refractivity (Wildman–Crippen MR) is 65.8 cm³/mol. The third-order valence-corrected chi connectivity index (χ3v) is 3.89. The van der Waals surface area contributed by atoms with Crippen LogP contribution in [-0.4, -0.2) is 21.8 Å². The molecule has 0 radical (unpaired) electrons. The second-order valence-corrected chi connectivity index (χ2v) is 5.00. The number of rotatable bonds is 2. The maximum atomic E-state index is 12.5. The molecule has 1 amide bonds. The normalized spacial score (nSPS) is 20.7. The predicted octanol–water partition coefficient (Wildman–Crippen LogP) is 1.06. The van der Waals surface area contributed by atoms with E-state index >= 15 is 0 Å². The second-order valence-electron chi connectivity index (χ2n) is 5.00. The van der Waals surface area contributed by atoms with Crippen molar-refractivity contribution in [2.75, 3.05) is 0 Å². The highest BCUT2D eigenvalue weighted by Gasteiger charge is 2.56. The van der Waals surface area contributed by atoms with Crippen molar-refractivity contribution in [3.05, 3.63) is 35.4 Å². The number of carbonyl (C=O) groups excluding carboxylic acids is 1. The lowest BCUT2D eigenvalue weighted by Crippen LogP contribution is -2.41. The van der Waals surface area contributed by atoms with Gasteiger partial charge in [0.15, 0.2) is 5.84 Å². The van der Waals surface area contributed by atoms with Crippen LogP contribution >= 0.6 is 0 Å². The highest BCUT2D eigenvalue weighted by atomic mass is 16.4. The number of carbonyl (C=O) groups is 1. The van der Waals surface area contributed by atoms with E-state index in [4.69, 9.17) is 10.9 Å². The topological polar surface area (TPSA) is 78.9 Å². The zero-order valence-electron chi connectivity index (χ0n) is 9.97. The van der Waals surface area contributed by atoms with Gasteiger partial charge in [0.25, 0.3) is 0 Å². The van der Waals surface area contributed by atoms with Crippen LogP contribution in [0.3, 0.4) is 0 Å². The molecule has 3 N–H and O–H groups in total. The van der Waals surface area contributed by atoms with Crippen LogP contribution in [0.25, 0.3) is 0 Å². The van der Waals surface area contributed by atoms with E-state index in [0.29, 0.717) is 25.9 Å². The molecule has 1 aliphatic carbocycles. The zero-order valence-corrected chi connectivity index (χ0v) is 9.97. The monoisotopic (exact) mass is 245 g/mol. The largest absolute Gasteiger partial charge is 0.409 e. The van der Waals surface area contributed by atoms with Crippen molar-refractivity contribution in [1.82, 2.24) is 4.90 Å². The fourth-order valence-electron chi connectivity index (χ4n) is 2.58. The Morgan fingerprint density at radius 3 is 2.28 bits per heavy atom. The third kappa shape index (κ3) is 1.47. The average Bonchev–Trinajstić information content (AvgIpc) is 3.09. The van der Waals surface area contributed by atoms with Crippen LogP contribution in [0.5, 0.6) is 0 Å². The Labute approximate surface area is 105 Å². The molecule has 1 aromatic rings. The van der Waals surface area contributed by atoms with Gasteiger partial charge in [0, 0.05) is 13.1 Å². The lowest BCUT2D eigenvalue weighted by Gasteiger charge is -2.21. The first-order chi connectivity index (χ1) is 8.67. The Kier molecular flexibility index (Phi) is 2.29. The molecule has 1 aromatic carbocycles. The molecule has 5 heteroatoms. The molecular formula is C13H15N3O2. The second kappa shape index (κ2) is 3.73. The minimum absolute atomic E-state index is 0.0194. The van der Waals surface area contributed by atoms with Crippen molar-refractivity contribution in [3.8, 4) is 0 Å². The molecule has 0 unspecified atom stereocenters. The van der Waals surface area contributed by atoms with Gasteiger partial charge in [-0.1, -0.05) is 29.4 Å². The van der Waals surface area contributed by atoms with Crippen molar-refractivity contribution in [2.45, 2.75) is 25.9 Å². The first-order valence-electron chi connectivity index (χ1n) is 6.01. The van der Waals surface area contributed by atoms with Gasteiger partial charge < -0.3 is 15.8 Å². The number of amidine groups is 1. The van der Waals surface area contributed by atoms with Gasteiger partial charge in [-0.25, -0.2) is 0 Å². The van der Waals surface area contributed by atoms with Crippen LogP contribution in [0.4, 0.5) is 0 Å². The molecular weight excluding hydrogens is 230 g/mol. The average molecular weight is 245 g/mol. The van der Waals surface area contributed by atoms with Gasteiger partial charge in [-0.15, -0.1) is 0 Å². The summed E-state index contributed by atoms with van der Waals surface area (Å²) in [5.41, 5.74) is 7.26. The van der Waals surface area contributed by atoms with E-state index in [9.17, 15) is 4.79 Å².